The van der Waals surface area contributed by atoms with E-state index in [1.165, 1.54) is 24.3 Å². The Morgan fingerprint density at radius 1 is 1.17 bits per heavy atom. The van der Waals surface area contributed by atoms with Gasteiger partial charge in [0.2, 0.25) is 11.8 Å². The van der Waals surface area contributed by atoms with Crippen molar-refractivity contribution in [2.75, 3.05) is 18.6 Å². The van der Waals surface area contributed by atoms with Crippen LogP contribution in [0.25, 0.3) is 0 Å². The molecule has 2 atom stereocenters. The first-order valence-electron chi connectivity index (χ1n) is 11.0. The first-order chi connectivity index (χ1) is 16.6. The van der Waals surface area contributed by atoms with Gasteiger partial charge in [-0.3, -0.25) is 14.5 Å². The van der Waals surface area contributed by atoms with Gasteiger partial charge in [0.1, 0.15) is 18.4 Å². The third-order valence-electron chi connectivity index (χ3n) is 5.71. The normalized spacial score (nSPS) is 17.7. The fourth-order valence-corrected chi connectivity index (χ4v) is 4.22. The fraction of sp³-hybridized carbons (Fsp3) is 0.375. The number of methoxy groups -OCH3 is 1. The van der Waals surface area contributed by atoms with Crippen molar-refractivity contribution in [3.63, 3.8) is 0 Å². The minimum absolute atomic E-state index is 0.0304. The Morgan fingerprint density at radius 2 is 1.91 bits per heavy atom. The number of anilines is 1. The van der Waals surface area contributed by atoms with E-state index >= 15 is 0 Å². The summed E-state index contributed by atoms with van der Waals surface area (Å²) in [6.45, 7) is -0.614. The zero-order valence-corrected chi connectivity index (χ0v) is 19.7. The molecule has 2 aromatic carbocycles. The maximum Gasteiger partial charge on any atom is 0.407 e. The lowest BCUT2D eigenvalue weighted by molar-refractivity contribution is -0.131. The summed E-state index contributed by atoms with van der Waals surface area (Å²) in [7, 11) is 1.11. The van der Waals surface area contributed by atoms with Crippen LogP contribution < -0.4 is 15.5 Å². The molecule has 1 saturated carbocycles. The number of amides is 3. The molecule has 0 aliphatic heterocycles. The summed E-state index contributed by atoms with van der Waals surface area (Å²) in [5.74, 6) is -5.56. The second kappa shape index (κ2) is 11.4. The van der Waals surface area contributed by atoms with Crippen LogP contribution >= 0.6 is 11.6 Å². The molecule has 2 aromatic rings. The zero-order chi connectivity index (χ0) is 25.6. The highest BCUT2D eigenvalue weighted by molar-refractivity contribution is 6.31. The number of rotatable bonds is 7. The lowest BCUT2D eigenvalue weighted by atomic mass is 9.91. The van der Waals surface area contributed by atoms with E-state index in [0.717, 1.165) is 24.1 Å². The van der Waals surface area contributed by atoms with Gasteiger partial charge in [0, 0.05) is 22.7 Å². The smallest absolute Gasteiger partial charge is 0.407 e. The van der Waals surface area contributed by atoms with E-state index < -0.39 is 48.3 Å². The molecule has 188 valence electrons. The minimum Gasteiger partial charge on any atom is -0.453 e. The van der Waals surface area contributed by atoms with Crippen molar-refractivity contribution in [2.24, 2.45) is 0 Å². The van der Waals surface area contributed by atoms with Crippen molar-refractivity contribution in [2.45, 2.75) is 43.7 Å². The fourth-order valence-electron chi connectivity index (χ4n) is 3.99. The Hall–Kier alpha value is -3.27. The van der Waals surface area contributed by atoms with Gasteiger partial charge in [0.25, 0.3) is 5.92 Å². The first-order valence-corrected chi connectivity index (χ1v) is 11.3. The predicted octanol–water partition coefficient (Wildman–Crippen LogP) is 4.60. The predicted molar refractivity (Wildman–Crippen MR) is 124 cm³/mol. The van der Waals surface area contributed by atoms with Crippen molar-refractivity contribution in [3.05, 3.63) is 64.9 Å². The van der Waals surface area contributed by atoms with Crippen molar-refractivity contribution in [1.82, 2.24) is 10.6 Å². The Bertz CT molecular complexity index is 1090. The number of nitrogens with one attached hydrogen (secondary N) is 2. The van der Waals surface area contributed by atoms with E-state index in [1.807, 2.05) is 0 Å². The number of hydrogen-bond acceptors (Lipinski definition) is 4. The third kappa shape index (κ3) is 6.45. The SMILES string of the molecule is COC(=O)NCC(=O)N(c1cccc(F)c1)C(C(=O)NC1CCCCC1(F)F)c1ccccc1Cl. The molecule has 0 bridgehead atoms. The highest BCUT2D eigenvalue weighted by Gasteiger charge is 2.44. The van der Waals surface area contributed by atoms with E-state index in [1.54, 1.807) is 12.1 Å². The molecule has 1 aliphatic carbocycles. The third-order valence-corrected chi connectivity index (χ3v) is 6.05. The van der Waals surface area contributed by atoms with Gasteiger partial charge in [0.15, 0.2) is 0 Å². The molecule has 35 heavy (non-hydrogen) atoms. The highest BCUT2D eigenvalue weighted by atomic mass is 35.5. The van der Waals surface area contributed by atoms with Crippen molar-refractivity contribution in [1.29, 1.82) is 0 Å². The standard InChI is InChI=1S/C24H25ClF3N3O4/c1-35-23(34)29-14-20(32)31(16-8-6-7-15(26)13-16)21(17-9-2-3-10-18(17)25)22(33)30-19-11-4-5-12-24(19,27)28/h2-3,6-10,13,19,21H,4-5,11-12,14H2,1H3,(H,29,34)(H,30,33). The van der Waals surface area contributed by atoms with Gasteiger partial charge in [-0.1, -0.05) is 42.3 Å². The van der Waals surface area contributed by atoms with Crippen LogP contribution in [0.15, 0.2) is 48.5 Å². The maximum atomic E-state index is 14.5. The molecule has 2 N–H and O–H groups in total. The van der Waals surface area contributed by atoms with Gasteiger partial charge in [-0.25, -0.2) is 18.0 Å². The summed E-state index contributed by atoms with van der Waals surface area (Å²) in [6.07, 6.45) is -0.373. The van der Waals surface area contributed by atoms with Gasteiger partial charge in [-0.05, 0) is 37.1 Å². The van der Waals surface area contributed by atoms with Gasteiger partial charge >= 0.3 is 6.09 Å². The summed E-state index contributed by atoms with van der Waals surface area (Å²) >= 11 is 6.35. The Kier molecular flexibility index (Phi) is 8.61. The largest absolute Gasteiger partial charge is 0.453 e. The van der Waals surface area contributed by atoms with Gasteiger partial charge in [-0.2, -0.15) is 0 Å². The van der Waals surface area contributed by atoms with Crippen LogP contribution in [0.5, 0.6) is 0 Å². The molecule has 3 rings (SSSR count). The number of benzene rings is 2. The molecular weight excluding hydrogens is 487 g/mol. The monoisotopic (exact) mass is 511 g/mol. The van der Waals surface area contributed by atoms with Crippen LogP contribution in [0.4, 0.5) is 23.7 Å². The van der Waals surface area contributed by atoms with Crippen LogP contribution in [0.3, 0.4) is 0 Å². The molecule has 7 nitrogen and oxygen atoms in total. The molecule has 0 aromatic heterocycles. The molecule has 0 radical (unpaired) electrons. The second-order valence-corrected chi connectivity index (χ2v) is 8.49. The van der Waals surface area contributed by atoms with Crippen LogP contribution in [0.1, 0.15) is 37.3 Å². The average Bonchev–Trinajstić information content (AvgIpc) is 2.82. The quantitative estimate of drug-likeness (QED) is 0.568. The number of hydrogen-bond donors (Lipinski definition) is 2. The summed E-state index contributed by atoms with van der Waals surface area (Å²) < 4.78 is 47.7. The molecule has 1 aliphatic rings. The molecule has 2 unspecified atom stereocenters. The van der Waals surface area contributed by atoms with Crippen molar-refractivity contribution < 1.29 is 32.3 Å². The van der Waals surface area contributed by atoms with E-state index in [4.69, 9.17) is 11.6 Å². The van der Waals surface area contributed by atoms with E-state index in [9.17, 15) is 27.6 Å². The number of carbonyl (C=O) groups excluding carboxylic acids is 3. The van der Waals surface area contributed by atoms with E-state index in [-0.39, 0.29) is 29.1 Å². The summed E-state index contributed by atoms with van der Waals surface area (Å²) in [6, 6.07) is 8.02. The molecule has 1 fully saturated rings. The van der Waals surface area contributed by atoms with Crippen molar-refractivity contribution >= 4 is 35.2 Å². The number of alkyl carbamates (subject to hydrolysis) is 1. The summed E-state index contributed by atoms with van der Waals surface area (Å²) in [5, 5.41) is 4.70. The average molecular weight is 512 g/mol. The molecule has 0 spiro atoms. The summed E-state index contributed by atoms with van der Waals surface area (Å²) in [5.41, 5.74) is 0.110. The Labute approximate surface area is 205 Å². The van der Waals surface area contributed by atoms with E-state index in [0.29, 0.717) is 12.8 Å². The van der Waals surface area contributed by atoms with Crippen molar-refractivity contribution in [3.8, 4) is 0 Å². The molecule has 0 heterocycles. The van der Waals surface area contributed by atoms with Crippen LogP contribution in [0, 0.1) is 5.82 Å². The topological polar surface area (TPSA) is 87.7 Å². The van der Waals surface area contributed by atoms with Gasteiger partial charge < -0.3 is 15.4 Å². The summed E-state index contributed by atoms with van der Waals surface area (Å²) in [4.78, 5) is 39.3. The number of alkyl halides is 2. The Balaban J connectivity index is 2.07. The lowest BCUT2D eigenvalue weighted by Gasteiger charge is -2.36. The molecular formula is C24H25ClF3N3O4. The Morgan fingerprint density at radius 3 is 2.57 bits per heavy atom. The lowest BCUT2D eigenvalue weighted by Crippen LogP contribution is -2.54. The molecule has 0 saturated heterocycles. The zero-order valence-electron chi connectivity index (χ0n) is 18.9. The first kappa shape index (κ1) is 26.3. The maximum absolute atomic E-state index is 14.5. The number of ether oxygens (including phenoxy) is 1. The highest BCUT2D eigenvalue weighted by Crippen LogP contribution is 2.36. The number of nitrogens with zero attached hydrogens (tertiary/aromatic N) is 1. The van der Waals surface area contributed by atoms with E-state index in [2.05, 4.69) is 15.4 Å². The number of carbonyl (C=O) groups is 3. The molecule has 11 heteroatoms. The van der Waals surface area contributed by atoms with Gasteiger partial charge in [-0.15, -0.1) is 0 Å². The van der Waals surface area contributed by atoms with Crippen LogP contribution in [0.2, 0.25) is 5.02 Å². The van der Waals surface area contributed by atoms with Crippen LogP contribution in [-0.4, -0.2) is 43.5 Å². The van der Waals surface area contributed by atoms with Gasteiger partial charge in [0.05, 0.1) is 13.2 Å². The number of halogens is 4. The molecule has 3 amide bonds. The second-order valence-electron chi connectivity index (χ2n) is 8.08. The van der Waals surface area contributed by atoms with Crippen LogP contribution in [-0.2, 0) is 14.3 Å². The minimum atomic E-state index is -3.13.